The first-order valence-corrected chi connectivity index (χ1v) is 6.31. The lowest BCUT2D eigenvalue weighted by molar-refractivity contribution is -0.384. The number of ether oxygens (including phenoxy) is 2. The zero-order chi connectivity index (χ0) is 16.0. The molecule has 1 aromatic rings. The topological polar surface area (TPSA) is 102 Å². The second-order valence-electron chi connectivity index (χ2n) is 4.27. The quantitative estimate of drug-likeness (QED) is 0.577. The van der Waals surface area contributed by atoms with E-state index < -0.39 is 10.9 Å². The fourth-order valence-corrected chi connectivity index (χ4v) is 1.97. The number of carboxylic acid groups (broad SMARTS) is 1. The Balaban J connectivity index is 3.41. The van der Waals surface area contributed by atoms with Gasteiger partial charge in [-0.3, -0.25) is 14.9 Å². The standard InChI is InChI=1S/C13H18N2O6/c1-4-5-14(8-13(16)17)9-6-11(20-2)12(21-3)7-10(9)15(18)19/h6-7H,4-5,8H2,1-3H3,(H,16,17). The number of nitro benzene ring substituents is 1. The smallest absolute Gasteiger partial charge is 0.323 e. The van der Waals surface area contributed by atoms with Gasteiger partial charge in [0.25, 0.3) is 5.69 Å². The van der Waals surface area contributed by atoms with Crippen LogP contribution in [-0.2, 0) is 4.79 Å². The van der Waals surface area contributed by atoms with Gasteiger partial charge in [0.1, 0.15) is 12.2 Å². The molecule has 0 aromatic heterocycles. The first-order valence-electron chi connectivity index (χ1n) is 6.31. The van der Waals surface area contributed by atoms with Gasteiger partial charge in [0.2, 0.25) is 0 Å². The number of nitro groups is 1. The normalized spacial score (nSPS) is 10.0. The molecule has 8 nitrogen and oxygen atoms in total. The van der Waals surface area contributed by atoms with E-state index in [1.807, 2.05) is 6.92 Å². The van der Waals surface area contributed by atoms with Crippen molar-refractivity contribution in [3.8, 4) is 11.5 Å². The third-order valence-electron chi connectivity index (χ3n) is 2.84. The van der Waals surface area contributed by atoms with Gasteiger partial charge in [-0.15, -0.1) is 0 Å². The van der Waals surface area contributed by atoms with Gasteiger partial charge in [-0.2, -0.15) is 0 Å². The summed E-state index contributed by atoms with van der Waals surface area (Å²) in [5.74, 6) is -0.531. The van der Waals surface area contributed by atoms with Gasteiger partial charge in [0, 0.05) is 12.6 Å². The lowest BCUT2D eigenvalue weighted by Crippen LogP contribution is -2.31. The fourth-order valence-electron chi connectivity index (χ4n) is 1.97. The summed E-state index contributed by atoms with van der Waals surface area (Å²) >= 11 is 0. The number of hydrogen-bond acceptors (Lipinski definition) is 6. The Hall–Kier alpha value is -2.51. The van der Waals surface area contributed by atoms with Gasteiger partial charge in [-0.05, 0) is 6.42 Å². The van der Waals surface area contributed by atoms with E-state index in [0.29, 0.717) is 18.7 Å². The van der Waals surface area contributed by atoms with Gasteiger partial charge in [0.05, 0.1) is 25.2 Å². The second kappa shape index (κ2) is 7.32. The van der Waals surface area contributed by atoms with Crippen molar-refractivity contribution in [1.29, 1.82) is 0 Å². The van der Waals surface area contributed by atoms with Crippen LogP contribution in [-0.4, -0.2) is 43.3 Å². The highest BCUT2D eigenvalue weighted by atomic mass is 16.6. The molecule has 116 valence electrons. The van der Waals surface area contributed by atoms with Crippen LogP contribution in [0, 0.1) is 10.1 Å². The Kier molecular flexibility index (Phi) is 5.77. The van der Waals surface area contributed by atoms with E-state index in [1.54, 1.807) is 0 Å². The Morgan fingerprint density at radius 3 is 2.33 bits per heavy atom. The summed E-state index contributed by atoms with van der Waals surface area (Å²) in [5.41, 5.74) is -0.0238. The summed E-state index contributed by atoms with van der Waals surface area (Å²) in [6.45, 7) is 1.91. The Labute approximate surface area is 122 Å². The van der Waals surface area contributed by atoms with Crippen molar-refractivity contribution >= 4 is 17.3 Å². The molecule has 0 aliphatic carbocycles. The zero-order valence-corrected chi connectivity index (χ0v) is 12.2. The maximum absolute atomic E-state index is 11.2. The highest BCUT2D eigenvalue weighted by Gasteiger charge is 2.24. The summed E-state index contributed by atoms with van der Waals surface area (Å²) < 4.78 is 10.2. The van der Waals surface area contributed by atoms with Gasteiger partial charge < -0.3 is 19.5 Å². The molecule has 0 amide bonds. The van der Waals surface area contributed by atoms with Crippen LogP contribution in [0.3, 0.4) is 0 Å². The Morgan fingerprint density at radius 2 is 1.90 bits per heavy atom. The highest BCUT2D eigenvalue weighted by Crippen LogP contribution is 2.39. The second-order valence-corrected chi connectivity index (χ2v) is 4.27. The monoisotopic (exact) mass is 298 g/mol. The number of anilines is 1. The van der Waals surface area contributed by atoms with Gasteiger partial charge in [-0.1, -0.05) is 6.92 Å². The summed E-state index contributed by atoms with van der Waals surface area (Å²) in [4.78, 5) is 23.0. The molecule has 1 N–H and O–H groups in total. The van der Waals surface area contributed by atoms with Crippen molar-refractivity contribution in [2.24, 2.45) is 0 Å². The molecule has 0 saturated carbocycles. The lowest BCUT2D eigenvalue weighted by atomic mass is 10.2. The third kappa shape index (κ3) is 3.98. The number of aliphatic carboxylic acids is 1. The average Bonchev–Trinajstić information content (AvgIpc) is 2.44. The van der Waals surface area contributed by atoms with Crippen LogP contribution in [0.2, 0.25) is 0 Å². The van der Waals surface area contributed by atoms with Crippen LogP contribution in [0.15, 0.2) is 12.1 Å². The van der Waals surface area contributed by atoms with Crippen molar-refractivity contribution in [2.45, 2.75) is 13.3 Å². The van der Waals surface area contributed by atoms with Crippen molar-refractivity contribution in [2.75, 3.05) is 32.2 Å². The first-order chi connectivity index (χ1) is 9.94. The van der Waals surface area contributed by atoms with E-state index in [1.165, 1.54) is 31.3 Å². The van der Waals surface area contributed by atoms with Gasteiger partial charge >= 0.3 is 5.97 Å². The largest absolute Gasteiger partial charge is 0.493 e. The molecule has 0 bridgehead atoms. The first kappa shape index (κ1) is 16.5. The molecule has 1 aromatic carbocycles. The van der Waals surface area contributed by atoms with Gasteiger partial charge in [0.15, 0.2) is 11.5 Å². The number of nitrogens with zero attached hydrogens (tertiary/aromatic N) is 2. The van der Waals surface area contributed by atoms with Crippen LogP contribution in [0.5, 0.6) is 11.5 Å². The van der Waals surface area contributed by atoms with Crippen molar-refractivity contribution < 1.29 is 24.3 Å². The van der Waals surface area contributed by atoms with Crippen LogP contribution in [0.4, 0.5) is 11.4 Å². The minimum absolute atomic E-state index is 0.196. The highest BCUT2D eigenvalue weighted by molar-refractivity contribution is 5.77. The van der Waals surface area contributed by atoms with E-state index in [9.17, 15) is 14.9 Å². The minimum atomic E-state index is -1.06. The molecule has 0 heterocycles. The number of hydrogen-bond donors (Lipinski definition) is 1. The maximum atomic E-state index is 11.2. The Bertz CT molecular complexity index is 532. The van der Waals surface area contributed by atoms with E-state index in [0.717, 1.165) is 0 Å². The number of methoxy groups -OCH3 is 2. The maximum Gasteiger partial charge on any atom is 0.323 e. The molecular weight excluding hydrogens is 280 g/mol. The predicted molar refractivity (Wildman–Crippen MR) is 76.3 cm³/mol. The summed E-state index contributed by atoms with van der Waals surface area (Å²) in [6.07, 6.45) is 0.652. The fraction of sp³-hybridized carbons (Fsp3) is 0.462. The predicted octanol–water partition coefficient (Wildman–Crippen LogP) is 1.91. The van der Waals surface area contributed by atoms with Gasteiger partial charge in [-0.25, -0.2) is 0 Å². The molecule has 0 radical (unpaired) electrons. The van der Waals surface area contributed by atoms with E-state index in [4.69, 9.17) is 14.6 Å². The molecule has 21 heavy (non-hydrogen) atoms. The van der Waals surface area contributed by atoms with Crippen LogP contribution in [0.1, 0.15) is 13.3 Å². The molecule has 0 saturated heterocycles. The number of carbonyl (C=O) groups is 1. The number of benzene rings is 1. The van der Waals surface area contributed by atoms with Crippen molar-refractivity contribution in [3.63, 3.8) is 0 Å². The van der Waals surface area contributed by atoms with Crippen LogP contribution in [0.25, 0.3) is 0 Å². The SMILES string of the molecule is CCCN(CC(=O)O)c1cc(OC)c(OC)cc1[N+](=O)[O-]. The molecule has 0 unspecified atom stereocenters. The molecular formula is C13H18N2O6. The average molecular weight is 298 g/mol. The summed E-state index contributed by atoms with van der Waals surface area (Å²) in [6, 6.07) is 2.66. The van der Waals surface area contributed by atoms with Crippen LogP contribution >= 0.6 is 0 Å². The molecule has 1 rings (SSSR count). The van der Waals surface area contributed by atoms with Crippen molar-refractivity contribution in [3.05, 3.63) is 22.2 Å². The third-order valence-corrected chi connectivity index (χ3v) is 2.84. The zero-order valence-electron chi connectivity index (χ0n) is 12.2. The summed E-state index contributed by atoms with van der Waals surface area (Å²) in [7, 11) is 2.79. The minimum Gasteiger partial charge on any atom is -0.493 e. The molecule has 8 heteroatoms. The number of carboxylic acids is 1. The van der Waals surface area contributed by atoms with E-state index in [-0.39, 0.29) is 23.7 Å². The molecule has 0 fully saturated rings. The Morgan fingerprint density at radius 1 is 1.33 bits per heavy atom. The molecule has 0 aliphatic heterocycles. The molecule has 0 spiro atoms. The molecule has 0 aliphatic rings. The summed E-state index contributed by atoms with van der Waals surface area (Å²) in [5, 5.41) is 20.2. The van der Waals surface area contributed by atoms with E-state index >= 15 is 0 Å². The van der Waals surface area contributed by atoms with E-state index in [2.05, 4.69) is 0 Å². The molecule has 0 atom stereocenters. The van der Waals surface area contributed by atoms with Crippen molar-refractivity contribution in [1.82, 2.24) is 0 Å². The number of rotatable bonds is 8. The van der Waals surface area contributed by atoms with Crippen LogP contribution < -0.4 is 14.4 Å². The lowest BCUT2D eigenvalue weighted by Gasteiger charge is -2.23.